The van der Waals surface area contributed by atoms with Gasteiger partial charge in [0.2, 0.25) is 5.91 Å². The Labute approximate surface area is 91.8 Å². The lowest BCUT2D eigenvalue weighted by molar-refractivity contribution is -0.147. The maximum absolute atomic E-state index is 11.3. The number of ether oxygens (including phenoxy) is 1. The number of esters is 1. The molecule has 0 bridgehead atoms. The molecule has 0 fully saturated rings. The SMILES string of the molecule is C=C(Br)C[C@@H](NC(C)=O)C(=O)OCC. The van der Waals surface area contributed by atoms with Gasteiger partial charge in [-0.15, -0.1) is 0 Å². The van der Waals surface area contributed by atoms with Crippen LogP contribution in [-0.2, 0) is 14.3 Å². The first-order valence-electron chi connectivity index (χ1n) is 4.24. The van der Waals surface area contributed by atoms with Crippen LogP contribution in [0.25, 0.3) is 0 Å². The van der Waals surface area contributed by atoms with Gasteiger partial charge < -0.3 is 10.1 Å². The zero-order chi connectivity index (χ0) is 11.1. The van der Waals surface area contributed by atoms with E-state index in [1.54, 1.807) is 6.92 Å². The normalized spacial score (nSPS) is 11.6. The van der Waals surface area contributed by atoms with Crippen LogP contribution in [0.15, 0.2) is 11.1 Å². The van der Waals surface area contributed by atoms with Gasteiger partial charge in [-0.25, -0.2) is 4.79 Å². The van der Waals surface area contributed by atoms with Crippen molar-refractivity contribution in [2.45, 2.75) is 26.3 Å². The molecule has 0 unspecified atom stereocenters. The molecule has 0 aliphatic heterocycles. The van der Waals surface area contributed by atoms with Gasteiger partial charge in [0.15, 0.2) is 0 Å². The first kappa shape index (κ1) is 13.2. The van der Waals surface area contributed by atoms with Crippen molar-refractivity contribution in [3.63, 3.8) is 0 Å². The zero-order valence-electron chi connectivity index (χ0n) is 8.30. The third-order valence-corrected chi connectivity index (χ3v) is 1.70. The minimum atomic E-state index is -0.653. The van der Waals surface area contributed by atoms with Crippen molar-refractivity contribution in [2.75, 3.05) is 6.61 Å². The van der Waals surface area contributed by atoms with Crippen molar-refractivity contribution >= 4 is 27.8 Å². The van der Waals surface area contributed by atoms with Crippen molar-refractivity contribution in [1.29, 1.82) is 0 Å². The second kappa shape index (κ2) is 6.59. The molecule has 1 atom stereocenters. The average Bonchev–Trinajstić information content (AvgIpc) is 2.01. The molecule has 0 aromatic heterocycles. The van der Waals surface area contributed by atoms with Gasteiger partial charge in [0, 0.05) is 13.3 Å². The minimum absolute atomic E-state index is 0.267. The monoisotopic (exact) mass is 263 g/mol. The molecular weight excluding hydrogens is 250 g/mol. The number of carbonyl (C=O) groups is 2. The number of amides is 1. The first-order chi connectivity index (χ1) is 6.47. The third kappa shape index (κ3) is 5.75. The summed E-state index contributed by atoms with van der Waals surface area (Å²) in [4.78, 5) is 22.1. The van der Waals surface area contributed by atoms with Gasteiger partial charge in [0.25, 0.3) is 0 Å². The number of nitrogens with one attached hydrogen (secondary N) is 1. The van der Waals surface area contributed by atoms with E-state index in [9.17, 15) is 9.59 Å². The van der Waals surface area contributed by atoms with Gasteiger partial charge in [-0.1, -0.05) is 22.5 Å². The topological polar surface area (TPSA) is 55.4 Å². The number of carbonyl (C=O) groups excluding carboxylic acids is 2. The lowest BCUT2D eigenvalue weighted by Gasteiger charge is -2.15. The van der Waals surface area contributed by atoms with Gasteiger partial charge >= 0.3 is 5.97 Å². The van der Waals surface area contributed by atoms with E-state index in [2.05, 4.69) is 27.8 Å². The van der Waals surface area contributed by atoms with Crippen LogP contribution in [0.1, 0.15) is 20.3 Å². The van der Waals surface area contributed by atoms with Gasteiger partial charge in [0.05, 0.1) is 6.61 Å². The molecule has 0 rings (SSSR count). The van der Waals surface area contributed by atoms with Crippen LogP contribution < -0.4 is 5.32 Å². The predicted molar refractivity (Wildman–Crippen MR) is 56.9 cm³/mol. The lowest BCUT2D eigenvalue weighted by atomic mass is 10.2. The Morgan fingerprint density at radius 1 is 1.57 bits per heavy atom. The molecule has 0 heterocycles. The van der Waals surface area contributed by atoms with E-state index in [-0.39, 0.29) is 5.91 Å². The van der Waals surface area contributed by atoms with E-state index < -0.39 is 12.0 Å². The summed E-state index contributed by atoms with van der Waals surface area (Å²) in [5.41, 5.74) is 0. The number of halogens is 1. The highest BCUT2D eigenvalue weighted by molar-refractivity contribution is 9.11. The average molecular weight is 264 g/mol. The summed E-state index contributed by atoms with van der Waals surface area (Å²) in [6.07, 6.45) is 0.332. The minimum Gasteiger partial charge on any atom is -0.464 e. The highest BCUT2D eigenvalue weighted by Crippen LogP contribution is 2.11. The van der Waals surface area contributed by atoms with E-state index in [0.29, 0.717) is 17.5 Å². The van der Waals surface area contributed by atoms with Crippen LogP contribution in [0.5, 0.6) is 0 Å². The molecule has 0 saturated carbocycles. The number of rotatable bonds is 5. The predicted octanol–water partition coefficient (Wildman–Crippen LogP) is 1.35. The number of hydrogen-bond acceptors (Lipinski definition) is 3. The Kier molecular flexibility index (Phi) is 6.19. The summed E-state index contributed by atoms with van der Waals surface area (Å²) < 4.78 is 5.43. The molecule has 0 aliphatic rings. The third-order valence-electron chi connectivity index (χ3n) is 1.37. The Morgan fingerprint density at radius 3 is 2.50 bits per heavy atom. The quantitative estimate of drug-likeness (QED) is 0.762. The summed E-state index contributed by atoms with van der Waals surface area (Å²) in [5.74, 6) is -0.708. The van der Waals surface area contributed by atoms with Crippen LogP contribution in [0.3, 0.4) is 0 Å². The van der Waals surface area contributed by atoms with Crippen LogP contribution in [0, 0.1) is 0 Å². The molecule has 0 aliphatic carbocycles. The Hall–Kier alpha value is -0.840. The van der Waals surface area contributed by atoms with Crippen LogP contribution in [0.4, 0.5) is 0 Å². The smallest absolute Gasteiger partial charge is 0.328 e. The van der Waals surface area contributed by atoms with Gasteiger partial charge in [-0.05, 0) is 11.4 Å². The van der Waals surface area contributed by atoms with Gasteiger partial charge in [-0.2, -0.15) is 0 Å². The largest absolute Gasteiger partial charge is 0.464 e. The molecule has 4 nitrogen and oxygen atoms in total. The van der Waals surface area contributed by atoms with Crippen molar-refractivity contribution < 1.29 is 14.3 Å². The molecular formula is C9H14BrNO3. The Bertz CT molecular complexity index is 224. The highest BCUT2D eigenvalue weighted by atomic mass is 79.9. The summed E-state index contributed by atoms with van der Waals surface area (Å²) >= 11 is 3.13. The second-order valence-corrected chi connectivity index (χ2v) is 3.85. The summed E-state index contributed by atoms with van der Waals surface area (Å²) in [6.45, 7) is 6.96. The lowest BCUT2D eigenvalue weighted by Crippen LogP contribution is -2.40. The van der Waals surface area contributed by atoms with Crippen molar-refractivity contribution in [2.24, 2.45) is 0 Å². The van der Waals surface area contributed by atoms with E-state index in [1.165, 1.54) is 6.92 Å². The molecule has 0 radical (unpaired) electrons. The maximum Gasteiger partial charge on any atom is 0.328 e. The molecule has 5 heteroatoms. The van der Waals surface area contributed by atoms with Crippen LogP contribution in [0.2, 0.25) is 0 Å². The van der Waals surface area contributed by atoms with Gasteiger partial charge in [0.1, 0.15) is 6.04 Å². The molecule has 0 saturated heterocycles. The van der Waals surface area contributed by atoms with Crippen molar-refractivity contribution in [3.05, 3.63) is 11.1 Å². The summed E-state index contributed by atoms with van der Waals surface area (Å²) in [5, 5.41) is 2.49. The fourth-order valence-electron chi connectivity index (χ4n) is 0.903. The molecule has 0 spiro atoms. The van der Waals surface area contributed by atoms with E-state index in [1.807, 2.05) is 0 Å². The fraction of sp³-hybridized carbons (Fsp3) is 0.556. The Balaban J connectivity index is 4.29. The molecule has 14 heavy (non-hydrogen) atoms. The molecule has 0 aromatic carbocycles. The fourth-order valence-corrected chi connectivity index (χ4v) is 1.23. The maximum atomic E-state index is 11.3. The van der Waals surface area contributed by atoms with Crippen molar-refractivity contribution in [1.82, 2.24) is 5.32 Å². The van der Waals surface area contributed by atoms with E-state index >= 15 is 0 Å². The molecule has 80 valence electrons. The first-order valence-corrected chi connectivity index (χ1v) is 5.03. The van der Waals surface area contributed by atoms with E-state index in [0.717, 1.165) is 0 Å². The van der Waals surface area contributed by atoms with Gasteiger partial charge in [-0.3, -0.25) is 4.79 Å². The van der Waals surface area contributed by atoms with Crippen LogP contribution >= 0.6 is 15.9 Å². The number of hydrogen-bond donors (Lipinski definition) is 1. The molecule has 1 amide bonds. The second-order valence-electron chi connectivity index (χ2n) is 2.73. The van der Waals surface area contributed by atoms with E-state index in [4.69, 9.17) is 4.74 Å². The summed E-state index contributed by atoms with van der Waals surface area (Å²) in [6, 6.07) is -0.653. The molecule has 0 aromatic rings. The zero-order valence-corrected chi connectivity index (χ0v) is 9.89. The summed E-state index contributed by atoms with van der Waals surface area (Å²) in [7, 11) is 0. The molecule has 1 N–H and O–H groups in total. The standard InChI is InChI=1S/C9H14BrNO3/c1-4-14-9(13)8(5-6(2)10)11-7(3)12/h8H,2,4-5H2,1,3H3,(H,11,12)/t8-/m1/s1. The van der Waals surface area contributed by atoms with Crippen LogP contribution in [-0.4, -0.2) is 24.5 Å². The Morgan fingerprint density at radius 2 is 2.14 bits per heavy atom. The van der Waals surface area contributed by atoms with Crippen molar-refractivity contribution in [3.8, 4) is 0 Å². The highest BCUT2D eigenvalue weighted by Gasteiger charge is 2.20.